The van der Waals surface area contributed by atoms with Crippen molar-refractivity contribution in [1.82, 2.24) is 0 Å². The molecule has 0 fully saturated rings. The van der Waals surface area contributed by atoms with E-state index in [-0.39, 0.29) is 25.7 Å². The summed E-state index contributed by atoms with van der Waals surface area (Å²) in [5, 5.41) is 10.6. The van der Waals surface area contributed by atoms with Crippen LogP contribution in [0, 0.1) is 0 Å². The minimum atomic E-state index is -4.95. The monoisotopic (exact) mass is 1400 g/mol. The summed E-state index contributed by atoms with van der Waals surface area (Å²) in [5.74, 6) is -2.11. The molecule has 0 saturated carbocycles. The van der Waals surface area contributed by atoms with E-state index in [9.17, 15) is 43.2 Å². The van der Waals surface area contributed by atoms with E-state index in [2.05, 4.69) is 27.7 Å². The van der Waals surface area contributed by atoms with Crippen LogP contribution in [-0.2, 0) is 65.4 Å². The zero-order chi connectivity index (χ0) is 69.7. The van der Waals surface area contributed by atoms with Gasteiger partial charge in [-0.2, -0.15) is 0 Å². The van der Waals surface area contributed by atoms with Gasteiger partial charge in [0.25, 0.3) is 0 Å². The highest BCUT2D eigenvalue weighted by Crippen LogP contribution is 2.45. The Morgan fingerprint density at radius 3 is 0.621 bits per heavy atom. The average molecular weight is 1400 g/mol. The first-order valence-corrected chi connectivity index (χ1v) is 42.8. The zero-order valence-electron chi connectivity index (χ0n) is 61.6. The van der Waals surface area contributed by atoms with Gasteiger partial charge >= 0.3 is 39.5 Å². The second kappa shape index (κ2) is 70.5. The number of esters is 4. The van der Waals surface area contributed by atoms with Crippen molar-refractivity contribution in [3.8, 4) is 0 Å². The predicted octanol–water partition coefficient (Wildman–Crippen LogP) is 22.6. The molecule has 17 nitrogen and oxygen atoms in total. The molecule has 0 aliphatic rings. The molecule has 0 radical (unpaired) electrons. The van der Waals surface area contributed by atoms with E-state index in [1.165, 1.54) is 238 Å². The van der Waals surface area contributed by atoms with Crippen molar-refractivity contribution in [2.75, 3.05) is 39.6 Å². The number of phosphoric acid groups is 2. The second-order valence-electron chi connectivity index (χ2n) is 27.4. The van der Waals surface area contributed by atoms with Gasteiger partial charge in [-0.3, -0.25) is 37.3 Å². The molecule has 0 aromatic heterocycles. The van der Waals surface area contributed by atoms with E-state index >= 15 is 0 Å². The third-order valence-electron chi connectivity index (χ3n) is 17.9. The van der Waals surface area contributed by atoms with Crippen LogP contribution < -0.4 is 0 Å². The molecular formula is C76H148O17P2. The second-order valence-corrected chi connectivity index (χ2v) is 30.3. The minimum absolute atomic E-state index is 0.108. The van der Waals surface area contributed by atoms with Gasteiger partial charge in [0.2, 0.25) is 0 Å². The van der Waals surface area contributed by atoms with E-state index in [4.69, 9.17) is 37.0 Å². The van der Waals surface area contributed by atoms with Crippen molar-refractivity contribution in [3.63, 3.8) is 0 Å². The molecular weight excluding hydrogens is 1250 g/mol. The normalized spacial score (nSPS) is 13.9. The number of aliphatic hydroxyl groups excluding tert-OH is 1. The summed E-state index contributed by atoms with van der Waals surface area (Å²) < 4.78 is 68.5. The summed E-state index contributed by atoms with van der Waals surface area (Å²) in [6, 6.07) is 0. The Morgan fingerprint density at radius 2 is 0.421 bits per heavy atom. The highest BCUT2D eigenvalue weighted by molar-refractivity contribution is 7.47. The third-order valence-corrected chi connectivity index (χ3v) is 19.8. The largest absolute Gasteiger partial charge is 0.472 e. The fraction of sp³-hybridized carbons (Fsp3) is 0.947. The van der Waals surface area contributed by atoms with E-state index in [1.54, 1.807) is 0 Å². The number of hydrogen-bond donors (Lipinski definition) is 3. The van der Waals surface area contributed by atoms with Crippen LogP contribution in [0.1, 0.15) is 407 Å². The number of phosphoric ester groups is 2. The Kier molecular flexibility index (Phi) is 69.1. The van der Waals surface area contributed by atoms with Crippen molar-refractivity contribution in [1.29, 1.82) is 0 Å². The molecule has 19 heteroatoms. The molecule has 0 aromatic carbocycles. The summed E-state index contributed by atoms with van der Waals surface area (Å²) in [6.07, 6.45) is 60.9. The van der Waals surface area contributed by atoms with Crippen LogP contribution in [0.25, 0.3) is 0 Å². The molecule has 3 N–H and O–H groups in total. The fourth-order valence-corrected chi connectivity index (χ4v) is 13.3. The first-order chi connectivity index (χ1) is 46.2. The van der Waals surface area contributed by atoms with Gasteiger partial charge in [-0.25, -0.2) is 9.13 Å². The van der Waals surface area contributed by atoms with Gasteiger partial charge in [0, 0.05) is 25.7 Å². The van der Waals surface area contributed by atoms with E-state index in [0.717, 1.165) is 89.9 Å². The van der Waals surface area contributed by atoms with Gasteiger partial charge in [-0.1, -0.05) is 355 Å². The number of rotatable bonds is 77. The van der Waals surface area contributed by atoms with Gasteiger partial charge in [0.1, 0.15) is 19.3 Å². The summed E-state index contributed by atoms with van der Waals surface area (Å²) in [4.78, 5) is 72.8. The number of unbranched alkanes of at least 4 members (excludes halogenated alkanes) is 51. The summed E-state index contributed by atoms with van der Waals surface area (Å²) in [5.41, 5.74) is 0. The number of carbonyl (C=O) groups is 4. The first kappa shape index (κ1) is 93.1. The van der Waals surface area contributed by atoms with Crippen LogP contribution in [-0.4, -0.2) is 96.7 Å². The minimum Gasteiger partial charge on any atom is -0.462 e. The van der Waals surface area contributed by atoms with Crippen molar-refractivity contribution in [2.45, 2.75) is 425 Å². The number of ether oxygens (including phenoxy) is 4. The fourth-order valence-electron chi connectivity index (χ4n) is 11.8. The summed E-state index contributed by atoms with van der Waals surface area (Å²) >= 11 is 0. The van der Waals surface area contributed by atoms with Gasteiger partial charge in [-0.15, -0.1) is 0 Å². The predicted molar refractivity (Wildman–Crippen MR) is 386 cm³/mol. The maximum Gasteiger partial charge on any atom is 0.472 e. The number of carbonyl (C=O) groups excluding carboxylic acids is 4. The van der Waals surface area contributed by atoms with Crippen molar-refractivity contribution in [2.24, 2.45) is 0 Å². The van der Waals surface area contributed by atoms with Gasteiger partial charge in [0.15, 0.2) is 12.2 Å². The Hall–Kier alpha value is -1.94. The lowest BCUT2D eigenvalue weighted by atomic mass is 10.0. The van der Waals surface area contributed by atoms with E-state index < -0.39 is 97.5 Å². The quantitative estimate of drug-likeness (QED) is 0.0222. The van der Waals surface area contributed by atoms with Crippen LogP contribution in [0.4, 0.5) is 0 Å². The average Bonchev–Trinajstić information content (AvgIpc) is 1.93. The SMILES string of the molecule is CCCCCCCCCCCCCCCCCCCCCCC(=O)O[C@H](COC(=O)CCCCCCCCCCCCCC)COP(=O)(O)OC[C@@H](O)COP(=O)(O)OC[C@@H](COC(=O)CCCCCCCCCCCCC)OC(=O)CCCCCCCCCCCCCC. The zero-order valence-corrected chi connectivity index (χ0v) is 63.4. The molecule has 2 unspecified atom stereocenters. The van der Waals surface area contributed by atoms with Crippen molar-refractivity contribution in [3.05, 3.63) is 0 Å². The van der Waals surface area contributed by atoms with Crippen LogP contribution in [0.15, 0.2) is 0 Å². The maximum atomic E-state index is 13.1. The molecule has 5 atom stereocenters. The van der Waals surface area contributed by atoms with Crippen molar-refractivity contribution >= 4 is 39.5 Å². The standard InChI is InChI=1S/C76H148O17P2/c1-5-9-13-17-21-25-29-32-33-34-35-36-37-38-39-43-47-51-55-59-63-76(81)93-72(67-87-74(79)61-57-53-49-45-41-30-26-22-18-14-10-6-2)69-91-95(84,85)89-65-70(77)64-88-94(82,83)90-68-71(66-86-73(78)60-56-52-48-44-40-28-24-20-16-12-8-4)92-75(80)62-58-54-50-46-42-31-27-23-19-15-11-7-3/h70-72,77H,5-69H2,1-4H3,(H,82,83)(H,84,85)/t70-,71+,72+/m0/s1. The molecule has 0 bridgehead atoms. The van der Waals surface area contributed by atoms with Crippen LogP contribution >= 0.6 is 15.6 Å². The highest BCUT2D eigenvalue weighted by Gasteiger charge is 2.30. The topological polar surface area (TPSA) is 237 Å². The third kappa shape index (κ3) is 70.3. The Morgan fingerprint density at radius 1 is 0.253 bits per heavy atom. The van der Waals surface area contributed by atoms with E-state index in [1.807, 2.05) is 0 Å². The molecule has 0 rings (SSSR count). The molecule has 0 aliphatic carbocycles. The first-order valence-electron chi connectivity index (χ1n) is 39.8. The van der Waals surface area contributed by atoms with Crippen molar-refractivity contribution < 1.29 is 80.2 Å². The molecule has 0 aliphatic heterocycles. The Balaban J connectivity index is 5.20. The molecule has 95 heavy (non-hydrogen) atoms. The summed E-state index contributed by atoms with van der Waals surface area (Å²) in [6.45, 7) is 4.99. The van der Waals surface area contributed by atoms with Crippen LogP contribution in [0.2, 0.25) is 0 Å². The molecule has 564 valence electrons. The highest BCUT2D eigenvalue weighted by atomic mass is 31.2. The van der Waals surface area contributed by atoms with Gasteiger partial charge in [0.05, 0.1) is 26.4 Å². The summed E-state index contributed by atoms with van der Waals surface area (Å²) in [7, 11) is -9.91. The molecule has 0 heterocycles. The lowest BCUT2D eigenvalue weighted by Crippen LogP contribution is -2.30. The molecule has 0 amide bonds. The lowest BCUT2D eigenvalue weighted by molar-refractivity contribution is -0.161. The lowest BCUT2D eigenvalue weighted by Gasteiger charge is -2.21. The maximum absolute atomic E-state index is 13.1. The van der Waals surface area contributed by atoms with Crippen LogP contribution in [0.3, 0.4) is 0 Å². The van der Waals surface area contributed by atoms with Crippen LogP contribution in [0.5, 0.6) is 0 Å². The van der Waals surface area contributed by atoms with E-state index in [0.29, 0.717) is 25.7 Å². The number of aliphatic hydroxyl groups is 1. The van der Waals surface area contributed by atoms with Gasteiger partial charge < -0.3 is 33.8 Å². The number of hydrogen-bond acceptors (Lipinski definition) is 15. The molecule has 0 aromatic rings. The Bertz CT molecular complexity index is 1810. The molecule has 0 spiro atoms. The smallest absolute Gasteiger partial charge is 0.462 e. The Labute approximate surface area is 581 Å². The van der Waals surface area contributed by atoms with Gasteiger partial charge in [-0.05, 0) is 25.7 Å². The molecule has 0 saturated heterocycles.